The van der Waals surface area contributed by atoms with Crippen molar-refractivity contribution < 1.29 is 9.18 Å². The summed E-state index contributed by atoms with van der Waals surface area (Å²) in [6.45, 7) is 5.50. The number of carbonyl (C=O) groups is 1. The van der Waals surface area contributed by atoms with Crippen LogP contribution in [0.4, 0.5) is 4.39 Å². The number of hydrogen-bond acceptors (Lipinski definition) is 2. The molecule has 0 amide bonds. The van der Waals surface area contributed by atoms with Gasteiger partial charge in [-0.3, -0.25) is 4.79 Å². The average Bonchev–Trinajstić information content (AvgIpc) is 2.61. The zero-order chi connectivity index (χ0) is 12.6. The Labute approximate surface area is 104 Å². The van der Waals surface area contributed by atoms with E-state index in [0.29, 0.717) is 11.1 Å². The molecule has 3 heteroatoms. The molecule has 0 unspecified atom stereocenters. The first-order chi connectivity index (χ1) is 8.00. The van der Waals surface area contributed by atoms with Crippen LogP contribution in [0.15, 0.2) is 24.3 Å². The summed E-state index contributed by atoms with van der Waals surface area (Å²) in [5.41, 5.74) is 1.27. The van der Waals surface area contributed by atoms with Crippen molar-refractivity contribution in [2.24, 2.45) is 0 Å². The molecule has 1 heterocycles. The monoisotopic (exact) mass is 248 g/mol. The molecule has 0 aliphatic carbocycles. The van der Waals surface area contributed by atoms with Crippen molar-refractivity contribution in [1.82, 2.24) is 0 Å². The van der Waals surface area contributed by atoms with Crippen LogP contribution in [0.2, 0.25) is 0 Å². The van der Waals surface area contributed by atoms with Crippen LogP contribution in [-0.4, -0.2) is 5.78 Å². The predicted molar refractivity (Wildman–Crippen MR) is 68.4 cm³/mol. The van der Waals surface area contributed by atoms with E-state index in [0.717, 1.165) is 9.75 Å². The molecule has 0 spiro atoms. The fourth-order valence-corrected chi connectivity index (χ4v) is 2.75. The zero-order valence-corrected chi connectivity index (χ0v) is 10.8. The maximum atomic E-state index is 13.9. The van der Waals surface area contributed by atoms with Gasteiger partial charge in [-0.2, -0.15) is 0 Å². The predicted octanol–water partition coefficient (Wildman–Crippen LogP) is 4.04. The van der Waals surface area contributed by atoms with E-state index in [2.05, 4.69) is 0 Å². The first-order valence-corrected chi connectivity index (χ1v) is 6.19. The molecular weight excluding hydrogens is 235 g/mol. The zero-order valence-electron chi connectivity index (χ0n) is 10.0. The summed E-state index contributed by atoms with van der Waals surface area (Å²) in [6.07, 6.45) is 0. The summed E-state index contributed by atoms with van der Waals surface area (Å²) in [4.78, 5) is 14.2. The Balaban J connectivity index is 2.51. The highest BCUT2D eigenvalue weighted by Gasteiger charge is 2.18. The number of carbonyl (C=O) groups excluding carboxylic acids is 1. The minimum absolute atomic E-state index is 0.158. The van der Waals surface area contributed by atoms with Crippen LogP contribution in [0.3, 0.4) is 0 Å². The van der Waals surface area contributed by atoms with Crippen molar-refractivity contribution in [2.75, 3.05) is 0 Å². The van der Waals surface area contributed by atoms with Crippen molar-refractivity contribution in [1.29, 1.82) is 0 Å². The largest absolute Gasteiger partial charge is 0.288 e. The van der Waals surface area contributed by atoms with E-state index in [9.17, 15) is 9.18 Å². The van der Waals surface area contributed by atoms with Gasteiger partial charge < -0.3 is 0 Å². The van der Waals surface area contributed by atoms with Crippen LogP contribution in [0, 0.1) is 26.6 Å². The van der Waals surface area contributed by atoms with Gasteiger partial charge in [0.2, 0.25) is 0 Å². The average molecular weight is 248 g/mol. The Kier molecular flexibility index (Phi) is 3.11. The van der Waals surface area contributed by atoms with Gasteiger partial charge >= 0.3 is 0 Å². The second-order valence-corrected chi connectivity index (χ2v) is 5.55. The van der Waals surface area contributed by atoms with Gasteiger partial charge in [0.15, 0.2) is 5.78 Å². The molecule has 0 radical (unpaired) electrons. The third-order valence-electron chi connectivity index (χ3n) is 2.72. The van der Waals surface area contributed by atoms with Crippen LogP contribution >= 0.6 is 11.3 Å². The lowest BCUT2D eigenvalue weighted by Crippen LogP contribution is -2.05. The number of benzene rings is 1. The second kappa shape index (κ2) is 4.41. The molecule has 0 saturated carbocycles. The van der Waals surface area contributed by atoms with Crippen molar-refractivity contribution in [3.63, 3.8) is 0 Å². The van der Waals surface area contributed by atoms with E-state index in [1.165, 1.54) is 6.07 Å². The van der Waals surface area contributed by atoms with Gasteiger partial charge in [0, 0.05) is 15.3 Å². The SMILES string of the molecule is Cc1cc(C(=O)c2cccc(C)c2F)c(C)s1. The summed E-state index contributed by atoms with van der Waals surface area (Å²) in [6, 6.07) is 6.74. The first-order valence-electron chi connectivity index (χ1n) is 5.37. The quantitative estimate of drug-likeness (QED) is 0.733. The number of aryl methyl sites for hydroxylation is 3. The van der Waals surface area contributed by atoms with Crippen molar-refractivity contribution in [3.8, 4) is 0 Å². The molecule has 0 bridgehead atoms. The van der Waals surface area contributed by atoms with E-state index < -0.39 is 5.82 Å². The first kappa shape index (κ1) is 12.0. The summed E-state index contributed by atoms with van der Waals surface area (Å²) >= 11 is 1.56. The fraction of sp³-hybridized carbons (Fsp3) is 0.214. The van der Waals surface area contributed by atoms with Crippen LogP contribution < -0.4 is 0 Å². The molecule has 17 heavy (non-hydrogen) atoms. The Hall–Kier alpha value is -1.48. The fourth-order valence-electron chi connectivity index (χ4n) is 1.82. The van der Waals surface area contributed by atoms with Crippen LogP contribution in [0.5, 0.6) is 0 Å². The lowest BCUT2D eigenvalue weighted by molar-refractivity contribution is 0.103. The van der Waals surface area contributed by atoms with Crippen LogP contribution in [-0.2, 0) is 0 Å². The van der Waals surface area contributed by atoms with E-state index in [-0.39, 0.29) is 11.3 Å². The van der Waals surface area contributed by atoms with Crippen molar-refractivity contribution >= 4 is 17.1 Å². The molecule has 0 atom stereocenters. The Morgan fingerprint density at radius 1 is 1.18 bits per heavy atom. The molecule has 88 valence electrons. The summed E-state index contributed by atoms with van der Waals surface area (Å²) in [5, 5.41) is 0. The Bertz CT molecular complexity index is 584. The van der Waals surface area contributed by atoms with Gasteiger partial charge in [-0.05, 0) is 38.5 Å². The number of hydrogen-bond donors (Lipinski definition) is 0. The minimum Gasteiger partial charge on any atom is -0.288 e. The van der Waals surface area contributed by atoms with Crippen molar-refractivity contribution in [3.05, 3.63) is 56.5 Å². The lowest BCUT2D eigenvalue weighted by Gasteiger charge is -2.04. The molecule has 0 aliphatic rings. The molecule has 1 nitrogen and oxygen atoms in total. The van der Waals surface area contributed by atoms with E-state index in [1.54, 1.807) is 30.4 Å². The van der Waals surface area contributed by atoms with Gasteiger partial charge in [0.25, 0.3) is 0 Å². The standard InChI is InChI=1S/C14H13FOS/c1-8-5-4-6-11(13(8)15)14(16)12-7-9(2)17-10(12)3/h4-7H,1-3H3. The maximum Gasteiger partial charge on any atom is 0.197 e. The number of rotatable bonds is 2. The molecule has 2 rings (SSSR count). The topological polar surface area (TPSA) is 17.1 Å². The molecule has 2 aromatic rings. The summed E-state index contributed by atoms with van der Waals surface area (Å²) in [5.74, 6) is -0.645. The van der Waals surface area contributed by atoms with Gasteiger partial charge in [-0.25, -0.2) is 4.39 Å². The van der Waals surface area contributed by atoms with E-state index in [1.807, 2.05) is 19.9 Å². The van der Waals surface area contributed by atoms with Crippen LogP contribution in [0.1, 0.15) is 31.2 Å². The molecule has 0 aliphatic heterocycles. The van der Waals surface area contributed by atoms with Gasteiger partial charge in [-0.15, -0.1) is 11.3 Å². The third kappa shape index (κ3) is 2.15. The summed E-state index contributed by atoms with van der Waals surface area (Å²) < 4.78 is 13.9. The minimum atomic E-state index is -0.416. The lowest BCUT2D eigenvalue weighted by atomic mass is 10.0. The summed E-state index contributed by atoms with van der Waals surface area (Å²) in [7, 11) is 0. The second-order valence-electron chi connectivity index (χ2n) is 4.09. The smallest absolute Gasteiger partial charge is 0.197 e. The normalized spacial score (nSPS) is 10.6. The van der Waals surface area contributed by atoms with Gasteiger partial charge in [0.05, 0.1) is 5.56 Å². The highest BCUT2D eigenvalue weighted by atomic mass is 32.1. The molecule has 0 saturated heterocycles. The molecule has 0 N–H and O–H groups in total. The van der Waals surface area contributed by atoms with Crippen molar-refractivity contribution in [2.45, 2.75) is 20.8 Å². The number of thiophene rings is 1. The molecule has 1 aromatic heterocycles. The van der Waals surface area contributed by atoms with E-state index >= 15 is 0 Å². The third-order valence-corrected chi connectivity index (χ3v) is 3.69. The molecule has 0 fully saturated rings. The Morgan fingerprint density at radius 2 is 1.88 bits per heavy atom. The number of ketones is 1. The van der Waals surface area contributed by atoms with Crippen LogP contribution in [0.25, 0.3) is 0 Å². The van der Waals surface area contributed by atoms with E-state index in [4.69, 9.17) is 0 Å². The Morgan fingerprint density at radius 3 is 2.47 bits per heavy atom. The number of halogens is 1. The van der Waals surface area contributed by atoms with Gasteiger partial charge in [-0.1, -0.05) is 12.1 Å². The molecular formula is C14H13FOS. The highest BCUT2D eigenvalue weighted by Crippen LogP contribution is 2.24. The molecule has 1 aromatic carbocycles. The van der Waals surface area contributed by atoms with Gasteiger partial charge in [0.1, 0.15) is 5.82 Å². The maximum absolute atomic E-state index is 13.9. The highest BCUT2D eigenvalue weighted by molar-refractivity contribution is 7.12.